The summed E-state index contributed by atoms with van der Waals surface area (Å²) in [4.78, 5) is 27.4. The van der Waals surface area contributed by atoms with Crippen LogP contribution in [0.15, 0.2) is 82.8 Å². The van der Waals surface area contributed by atoms with Gasteiger partial charge >= 0.3 is 19.3 Å². The average Bonchev–Trinajstić information content (AvgIpc) is 3.27. The molecule has 50 heavy (non-hydrogen) atoms. The number of carbonyl (C=O) groups is 2. The van der Waals surface area contributed by atoms with Crippen molar-refractivity contribution in [2.24, 2.45) is 0 Å². The minimum atomic E-state index is -1.00. The first-order valence-corrected chi connectivity index (χ1v) is 17.8. The van der Waals surface area contributed by atoms with Gasteiger partial charge in [0.1, 0.15) is 11.2 Å². The van der Waals surface area contributed by atoms with Gasteiger partial charge < -0.3 is 28.6 Å². The second-order valence-corrected chi connectivity index (χ2v) is 16.0. The molecule has 1 fully saturated rings. The molecule has 11 heteroatoms. The molecule has 0 radical (unpaired) electrons. The molecule has 276 valence electrons. The SMILES string of the molecule is Brc1ccccc1.CC(C)(C)OC(=O)N1CC=C(B2OC(C)(C)C(C)(C)O2)CC1.CC(C)(C)OC(=O)N1CC=C(c2ccccc2)CC1.[2H]CF. The molecule has 3 aliphatic rings. The molecule has 0 saturated carbocycles. The zero-order chi connectivity index (χ0) is 38.5. The molecule has 0 N–H and O–H groups in total. The summed E-state index contributed by atoms with van der Waals surface area (Å²) in [6.45, 7) is 22.0. The molecule has 1 saturated heterocycles. The van der Waals surface area contributed by atoms with Crippen LogP contribution < -0.4 is 0 Å². The van der Waals surface area contributed by atoms with Crippen molar-refractivity contribution in [1.29, 1.82) is 0 Å². The van der Waals surface area contributed by atoms with Crippen LogP contribution in [0.1, 0.15) is 89.0 Å². The van der Waals surface area contributed by atoms with Crippen molar-refractivity contribution in [3.63, 3.8) is 0 Å². The van der Waals surface area contributed by atoms with Crippen LogP contribution in [0.5, 0.6) is 0 Å². The van der Waals surface area contributed by atoms with Gasteiger partial charge in [0, 0.05) is 30.7 Å². The van der Waals surface area contributed by atoms with Crippen LogP contribution in [0, 0.1) is 0 Å². The summed E-state index contributed by atoms with van der Waals surface area (Å²) in [5.41, 5.74) is 2.10. The van der Waals surface area contributed by atoms with Gasteiger partial charge in [0.2, 0.25) is 0 Å². The first-order chi connectivity index (χ1) is 23.7. The predicted molar refractivity (Wildman–Crippen MR) is 205 cm³/mol. The summed E-state index contributed by atoms with van der Waals surface area (Å²) in [6, 6.07) is 20.3. The summed E-state index contributed by atoms with van der Waals surface area (Å²) in [7, 11) is -1.31. The molecule has 0 unspecified atom stereocenters. The molecular weight excluding hydrogens is 702 g/mol. The van der Waals surface area contributed by atoms with Gasteiger partial charge in [0.05, 0.1) is 19.7 Å². The van der Waals surface area contributed by atoms with Gasteiger partial charge in [-0.05, 0) is 111 Å². The summed E-state index contributed by atoms with van der Waals surface area (Å²) in [5.74, 6) is 0. The van der Waals surface area contributed by atoms with Crippen molar-refractivity contribution in [3.8, 4) is 0 Å². The largest absolute Gasteiger partial charge is 0.490 e. The second-order valence-electron chi connectivity index (χ2n) is 15.1. The highest BCUT2D eigenvalue weighted by molar-refractivity contribution is 9.10. The zero-order valence-corrected chi connectivity index (χ0v) is 33.1. The van der Waals surface area contributed by atoms with Crippen molar-refractivity contribution >= 4 is 40.8 Å². The predicted octanol–water partition coefficient (Wildman–Crippen LogP) is 9.93. The van der Waals surface area contributed by atoms with E-state index in [1.165, 1.54) is 11.1 Å². The molecule has 8 nitrogen and oxygen atoms in total. The molecular formula is C39H57BBrFN2O6. The Morgan fingerprint density at radius 3 is 1.54 bits per heavy atom. The molecule has 2 aromatic carbocycles. The van der Waals surface area contributed by atoms with Gasteiger partial charge in [-0.1, -0.05) is 76.6 Å². The number of hydrogen-bond donors (Lipinski definition) is 0. The second kappa shape index (κ2) is 18.9. The van der Waals surface area contributed by atoms with Gasteiger partial charge in [-0.3, -0.25) is 4.39 Å². The van der Waals surface area contributed by atoms with Gasteiger partial charge in [0.25, 0.3) is 0 Å². The number of carbonyl (C=O) groups excluding carboxylic acids is 2. The van der Waals surface area contributed by atoms with Gasteiger partial charge in [0.15, 0.2) is 0 Å². The fraction of sp³-hybridized carbons (Fsp3) is 0.538. The van der Waals surface area contributed by atoms with Crippen LogP contribution in [0.2, 0.25) is 0 Å². The first-order valence-electron chi connectivity index (χ1n) is 17.7. The van der Waals surface area contributed by atoms with Gasteiger partial charge in [-0.15, -0.1) is 0 Å². The third-order valence-corrected chi connectivity index (χ3v) is 8.72. The maximum atomic E-state index is 12.1. The van der Waals surface area contributed by atoms with Crippen LogP contribution in [-0.2, 0) is 18.8 Å². The van der Waals surface area contributed by atoms with Crippen LogP contribution >= 0.6 is 15.9 Å². The number of ether oxygens (including phenoxy) is 2. The minimum absolute atomic E-state index is 0.226. The quantitative estimate of drug-likeness (QED) is 0.284. The Morgan fingerprint density at radius 2 is 1.20 bits per heavy atom. The molecule has 5 rings (SSSR count). The Bertz CT molecular complexity index is 1430. The summed E-state index contributed by atoms with van der Waals surface area (Å²) in [5, 5.41) is 0. The Kier molecular flexibility index (Phi) is 15.6. The summed E-state index contributed by atoms with van der Waals surface area (Å²) < 4.78 is 39.5. The van der Waals surface area contributed by atoms with Crippen molar-refractivity contribution in [1.82, 2.24) is 9.80 Å². The standard InChI is InChI=1S/C16H28BNO4.C16H21NO2.C6H5Br.CH3F/c1-14(2,3)20-13(19)18-10-8-12(9-11-18)17-21-15(4,5)16(6,7)22-17;1-16(2,3)19-15(18)17-11-9-14(10-12-17)13-7-5-4-6-8-13;7-6-4-2-1-3-5-6;1-2/h8H,9-11H2,1-7H3;4-9H,10-12H2,1-3H3;1-5H;1H3/i;;;1D. The third-order valence-electron chi connectivity index (χ3n) is 8.19. The normalized spacial score (nSPS) is 18.3. The lowest BCUT2D eigenvalue weighted by molar-refractivity contribution is 0.00578. The van der Waals surface area contributed by atoms with E-state index in [0.29, 0.717) is 19.6 Å². The third kappa shape index (κ3) is 14.2. The number of alkyl halides is 1. The molecule has 2 amide bonds. The van der Waals surface area contributed by atoms with Crippen LogP contribution in [0.4, 0.5) is 14.0 Å². The Morgan fingerprint density at radius 1 is 0.780 bits per heavy atom. The highest BCUT2D eigenvalue weighted by Gasteiger charge is 2.52. The Labute approximate surface area is 310 Å². The zero-order valence-electron chi connectivity index (χ0n) is 32.6. The fourth-order valence-electron chi connectivity index (χ4n) is 4.88. The monoisotopic (exact) mass is 759 g/mol. The fourth-order valence-corrected chi connectivity index (χ4v) is 5.18. The van der Waals surface area contributed by atoms with E-state index in [1.807, 2.05) is 124 Å². The lowest BCUT2D eigenvalue weighted by Crippen LogP contribution is -2.41. The molecule has 3 aliphatic heterocycles. The van der Waals surface area contributed by atoms with E-state index in [4.69, 9.17) is 20.2 Å². The van der Waals surface area contributed by atoms with E-state index >= 15 is 0 Å². The number of hydrogen-bond acceptors (Lipinski definition) is 6. The van der Waals surface area contributed by atoms with Crippen LogP contribution in [-0.4, -0.2) is 84.8 Å². The van der Waals surface area contributed by atoms with Crippen molar-refractivity contribution < 1.29 is 34.1 Å². The summed E-state index contributed by atoms with van der Waals surface area (Å²) in [6.07, 6.45) is 5.27. The summed E-state index contributed by atoms with van der Waals surface area (Å²) >= 11 is 3.31. The molecule has 0 aromatic heterocycles. The number of benzene rings is 2. The molecule has 0 bridgehead atoms. The van der Waals surface area contributed by atoms with Gasteiger partial charge in [-0.2, -0.15) is 0 Å². The number of nitrogens with zero attached hydrogens (tertiary/aromatic N) is 2. The molecule has 3 heterocycles. The topological polar surface area (TPSA) is 77.5 Å². The lowest BCUT2D eigenvalue weighted by atomic mass is 9.75. The van der Waals surface area contributed by atoms with Crippen molar-refractivity contribution in [2.45, 2.75) is 104 Å². The minimum Gasteiger partial charge on any atom is -0.444 e. The van der Waals surface area contributed by atoms with E-state index in [2.05, 4.69) is 34.1 Å². The van der Waals surface area contributed by atoms with E-state index in [1.54, 1.807) is 9.80 Å². The Hall–Kier alpha value is -3.15. The van der Waals surface area contributed by atoms with Crippen molar-refractivity contribution in [3.05, 3.63) is 88.3 Å². The van der Waals surface area contributed by atoms with E-state index in [0.717, 1.165) is 29.3 Å². The maximum Gasteiger partial charge on any atom is 0.490 e. The highest BCUT2D eigenvalue weighted by atomic mass is 79.9. The first kappa shape index (κ1) is 41.3. The molecule has 2 aromatic rings. The molecule has 0 aliphatic carbocycles. The smallest absolute Gasteiger partial charge is 0.444 e. The van der Waals surface area contributed by atoms with E-state index in [-0.39, 0.29) is 30.5 Å². The van der Waals surface area contributed by atoms with Gasteiger partial charge in [-0.25, -0.2) is 9.59 Å². The maximum absolute atomic E-state index is 12.1. The number of halogens is 2. The molecule has 0 atom stereocenters. The number of rotatable bonds is 2. The Balaban J connectivity index is 0.000000281. The van der Waals surface area contributed by atoms with Crippen LogP contribution in [0.3, 0.4) is 0 Å². The van der Waals surface area contributed by atoms with Crippen molar-refractivity contribution in [2.75, 3.05) is 33.3 Å². The van der Waals surface area contributed by atoms with Crippen LogP contribution in [0.25, 0.3) is 5.57 Å². The molecule has 0 spiro atoms. The van der Waals surface area contributed by atoms with E-state index < -0.39 is 18.4 Å². The highest BCUT2D eigenvalue weighted by Crippen LogP contribution is 2.39. The lowest BCUT2D eigenvalue weighted by Gasteiger charge is -2.32. The van der Waals surface area contributed by atoms with E-state index in [9.17, 15) is 14.0 Å². The average molecular weight is 761 g/mol. The number of amides is 2.